The molecule has 0 atom stereocenters. The van der Waals surface area contributed by atoms with E-state index in [2.05, 4.69) is 41.6 Å². The summed E-state index contributed by atoms with van der Waals surface area (Å²) in [5.74, 6) is 3.04. The van der Waals surface area contributed by atoms with Crippen molar-refractivity contribution in [2.45, 2.75) is 45.4 Å². The lowest BCUT2D eigenvalue weighted by atomic mass is 9.95. The summed E-state index contributed by atoms with van der Waals surface area (Å²) in [5.41, 5.74) is 3.17. The van der Waals surface area contributed by atoms with E-state index in [-0.39, 0.29) is 5.41 Å². The maximum absolute atomic E-state index is 8.93. The van der Waals surface area contributed by atoms with Crippen LogP contribution in [0.25, 0.3) is 0 Å². The number of hydrogen-bond donors (Lipinski definition) is 0. The van der Waals surface area contributed by atoms with Crippen LogP contribution in [0.1, 0.15) is 49.8 Å². The summed E-state index contributed by atoms with van der Waals surface area (Å²) in [5, 5.41) is 8.93. The molecule has 1 fully saturated rings. The van der Waals surface area contributed by atoms with Crippen LogP contribution in [0, 0.1) is 11.3 Å². The Morgan fingerprint density at radius 1 is 1.00 bits per heavy atom. The van der Waals surface area contributed by atoms with Crippen LogP contribution in [0.2, 0.25) is 0 Å². The van der Waals surface area contributed by atoms with Crippen LogP contribution in [0.3, 0.4) is 0 Å². The number of fused-ring (bicyclic) bond motifs is 1. The maximum Gasteiger partial charge on any atom is 0.136 e. The fourth-order valence-corrected chi connectivity index (χ4v) is 3.80. The first kappa shape index (κ1) is 17.7. The third kappa shape index (κ3) is 3.46. The molecule has 4 rings (SSSR count). The van der Waals surface area contributed by atoms with E-state index in [1.165, 1.54) is 17.7 Å². The molecule has 27 heavy (non-hydrogen) atoms. The Hall–Kier alpha value is -2.68. The van der Waals surface area contributed by atoms with Crippen molar-refractivity contribution >= 4 is 11.6 Å². The van der Waals surface area contributed by atoms with Gasteiger partial charge in [0.1, 0.15) is 23.5 Å². The quantitative estimate of drug-likeness (QED) is 0.818. The Balaban J connectivity index is 1.54. The topological polar surface area (TPSA) is 68.9 Å². The van der Waals surface area contributed by atoms with Gasteiger partial charge in [-0.2, -0.15) is 5.26 Å². The lowest BCUT2D eigenvalue weighted by molar-refractivity contribution is 0.538. The second-order valence-corrected chi connectivity index (χ2v) is 8.39. The number of nitrogens with zero attached hydrogens (tertiary/aromatic N) is 6. The largest absolute Gasteiger partial charge is 0.353 e. The molecule has 2 aromatic rings. The zero-order valence-electron chi connectivity index (χ0n) is 16.4. The molecule has 0 saturated carbocycles. The van der Waals surface area contributed by atoms with E-state index in [0.717, 1.165) is 56.5 Å². The minimum absolute atomic E-state index is 0.0411. The molecule has 6 nitrogen and oxygen atoms in total. The van der Waals surface area contributed by atoms with Crippen LogP contribution in [-0.2, 0) is 18.3 Å². The average molecular weight is 362 g/mol. The molecular formula is C21H26N6. The summed E-state index contributed by atoms with van der Waals surface area (Å²) in [4.78, 5) is 19.0. The van der Waals surface area contributed by atoms with Crippen LogP contribution in [0.5, 0.6) is 0 Å². The molecule has 0 unspecified atom stereocenters. The molecule has 0 N–H and O–H groups in total. The second kappa shape index (κ2) is 6.80. The summed E-state index contributed by atoms with van der Waals surface area (Å²) < 4.78 is 0. The van der Waals surface area contributed by atoms with Gasteiger partial charge in [-0.1, -0.05) is 20.8 Å². The molecule has 1 aliphatic carbocycles. The first-order chi connectivity index (χ1) is 13.0. The average Bonchev–Trinajstić information content (AvgIpc) is 3.15. The number of pyridine rings is 1. The van der Waals surface area contributed by atoms with Gasteiger partial charge in [0.15, 0.2) is 0 Å². The predicted molar refractivity (Wildman–Crippen MR) is 106 cm³/mol. The van der Waals surface area contributed by atoms with Crippen molar-refractivity contribution in [1.29, 1.82) is 5.26 Å². The van der Waals surface area contributed by atoms with Crippen molar-refractivity contribution in [3.05, 3.63) is 41.0 Å². The summed E-state index contributed by atoms with van der Waals surface area (Å²) in [6.07, 6.45) is 4.99. The van der Waals surface area contributed by atoms with Crippen molar-refractivity contribution < 1.29 is 0 Å². The lowest BCUT2D eigenvalue weighted by Crippen LogP contribution is -2.47. The summed E-state index contributed by atoms with van der Waals surface area (Å²) in [7, 11) is 0. The van der Waals surface area contributed by atoms with Gasteiger partial charge in [-0.15, -0.1) is 0 Å². The van der Waals surface area contributed by atoms with Crippen LogP contribution in [0.15, 0.2) is 18.3 Å². The summed E-state index contributed by atoms with van der Waals surface area (Å²) in [6, 6.07) is 5.90. The van der Waals surface area contributed by atoms with Crippen LogP contribution in [-0.4, -0.2) is 41.1 Å². The van der Waals surface area contributed by atoms with Crippen molar-refractivity contribution in [3.63, 3.8) is 0 Å². The molecule has 1 aliphatic heterocycles. The second-order valence-electron chi connectivity index (χ2n) is 8.39. The highest BCUT2D eigenvalue weighted by Crippen LogP contribution is 2.32. The van der Waals surface area contributed by atoms with E-state index in [0.29, 0.717) is 5.56 Å². The van der Waals surface area contributed by atoms with E-state index >= 15 is 0 Å². The number of aromatic nitrogens is 3. The first-order valence-electron chi connectivity index (χ1n) is 9.72. The van der Waals surface area contributed by atoms with E-state index in [1.54, 1.807) is 6.20 Å². The molecule has 0 aromatic carbocycles. The molecular weight excluding hydrogens is 336 g/mol. The van der Waals surface area contributed by atoms with E-state index in [4.69, 9.17) is 15.2 Å². The minimum Gasteiger partial charge on any atom is -0.353 e. The van der Waals surface area contributed by atoms with Crippen LogP contribution < -0.4 is 9.80 Å². The number of rotatable bonds is 2. The summed E-state index contributed by atoms with van der Waals surface area (Å²) in [6.45, 7) is 10.2. The van der Waals surface area contributed by atoms with Gasteiger partial charge in [0.05, 0.1) is 5.56 Å². The molecule has 140 valence electrons. The number of nitriles is 1. The van der Waals surface area contributed by atoms with Crippen molar-refractivity contribution in [3.8, 4) is 6.07 Å². The first-order valence-corrected chi connectivity index (χ1v) is 9.72. The van der Waals surface area contributed by atoms with Crippen molar-refractivity contribution in [2.24, 2.45) is 0 Å². The molecule has 1 saturated heterocycles. The Kier molecular flexibility index (Phi) is 4.47. The number of piperazine rings is 1. The van der Waals surface area contributed by atoms with Gasteiger partial charge < -0.3 is 9.80 Å². The molecule has 0 amide bonds. The van der Waals surface area contributed by atoms with Gasteiger partial charge in [-0.05, 0) is 31.4 Å². The summed E-state index contributed by atoms with van der Waals surface area (Å²) >= 11 is 0. The smallest absolute Gasteiger partial charge is 0.136 e. The molecule has 3 heterocycles. The highest BCUT2D eigenvalue weighted by molar-refractivity contribution is 5.53. The van der Waals surface area contributed by atoms with Crippen molar-refractivity contribution in [2.75, 3.05) is 36.0 Å². The van der Waals surface area contributed by atoms with Crippen molar-refractivity contribution in [1.82, 2.24) is 15.0 Å². The zero-order chi connectivity index (χ0) is 19.0. The molecule has 0 radical (unpaired) electrons. The van der Waals surface area contributed by atoms with E-state index in [9.17, 15) is 0 Å². The number of hydrogen-bond acceptors (Lipinski definition) is 6. The third-order valence-corrected chi connectivity index (χ3v) is 5.36. The van der Waals surface area contributed by atoms with Gasteiger partial charge in [0.2, 0.25) is 0 Å². The van der Waals surface area contributed by atoms with Crippen LogP contribution >= 0.6 is 0 Å². The zero-order valence-corrected chi connectivity index (χ0v) is 16.4. The highest BCUT2D eigenvalue weighted by Gasteiger charge is 2.28. The fourth-order valence-electron chi connectivity index (χ4n) is 3.80. The molecule has 2 aliphatic rings. The molecule has 0 bridgehead atoms. The Morgan fingerprint density at radius 3 is 2.37 bits per heavy atom. The maximum atomic E-state index is 8.93. The molecule has 0 spiro atoms. The highest BCUT2D eigenvalue weighted by atomic mass is 15.3. The lowest BCUT2D eigenvalue weighted by Gasteiger charge is -2.37. The SMILES string of the molecule is CC(C)(C)c1nc2c(c(N3CCN(c4ccc(C#N)cn4)CC3)n1)CCC2. The van der Waals surface area contributed by atoms with Gasteiger partial charge in [0.25, 0.3) is 0 Å². The monoisotopic (exact) mass is 362 g/mol. The van der Waals surface area contributed by atoms with Gasteiger partial charge in [0, 0.05) is 49.0 Å². The Bertz CT molecular complexity index is 867. The van der Waals surface area contributed by atoms with Gasteiger partial charge in [-0.25, -0.2) is 15.0 Å². The normalized spacial score (nSPS) is 17.0. The number of aryl methyl sites for hydroxylation is 1. The third-order valence-electron chi connectivity index (χ3n) is 5.36. The Morgan fingerprint density at radius 2 is 1.74 bits per heavy atom. The number of anilines is 2. The standard InChI is InChI=1S/C21H26N6/c1-21(2,3)20-24-17-6-4-5-16(17)19(25-20)27-11-9-26(10-12-27)18-8-7-15(13-22)14-23-18/h7-8,14H,4-6,9-12H2,1-3H3. The Labute approximate surface area is 160 Å². The predicted octanol–water partition coefficient (Wildman–Crippen LogP) is 2.86. The van der Waals surface area contributed by atoms with E-state index in [1.807, 2.05) is 12.1 Å². The minimum atomic E-state index is -0.0411. The van der Waals surface area contributed by atoms with Gasteiger partial charge >= 0.3 is 0 Å². The molecule has 6 heteroatoms. The van der Waals surface area contributed by atoms with E-state index < -0.39 is 0 Å². The molecule has 2 aromatic heterocycles. The van der Waals surface area contributed by atoms with Crippen LogP contribution in [0.4, 0.5) is 11.6 Å². The van der Waals surface area contributed by atoms with Gasteiger partial charge in [-0.3, -0.25) is 0 Å². The fraction of sp³-hybridized carbons (Fsp3) is 0.524.